The number of amides is 1. The molecule has 0 bridgehead atoms. The number of aromatic nitrogens is 4. The van der Waals surface area contributed by atoms with E-state index in [9.17, 15) is 9.59 Å². The number of hydrogen-bond acceptors (Lipinski definition) is 8. The van der Waals surface area contributed by atoms with Crippen LogP contribution >= 0.6 is 8.53 Å². The molecule has 0 radical (unpaired) electrons. The third-order valence-electron chi connectivity index (χ3n) is 3.99. The molecule has 1 saturated heterocycles. The van der Waals surface area contributed by atoms with Gasteiger partial charge in [-0.3, -0.25) is 30.0 Å². The number of carbonyl (C=O) groups is 1. The summed E-state index contributed by atoms with van der Waals surface area (Å²) in [5, 5.41) is 2.58. The van der Waals surface area contributed by atoms with Crippen molar-refractivity contribution in [1.82, 2.24) is 19.5 Å². The van der Waals surface area contributed by atoms with Crippen LogP contribution in [0.5, 0.6) is 0 Å². The van der Waals surface area contributed by atoms with Crippen molar-refractivity contribution in [3.05, 3.63) is 16.7 Å². The summed E-state index contributed by atoms with van der Waals surface area (Å²) in [7, 11) is -1.92. The molecule has 3 heterocycles. The van der Waals surface area contributed by atoms with Crippen LogP contribution in [0.2, 0.25) is 0 Å². The largest absolute Gasteiger partial charge is 0.352 e. The normalized spacial score (nSPS) is 21.4. The van der Waals surface area contributed by atoms with E-state index in [2.05, 4.69) is 20.3 Å². The molecule has 2 aromatic heterocycles. The lowest BCUT2D eigenvalue weighted by atomic mass is 10.2. The molecule has 1 aliphatic rings. The number of fused-ring (bicyclic) bond motifs is 1. The molecule has 2 aromatic rings. The van der Waals surface area contributed by atoms with Crippen molar-refractivity contribution in [2.24, 2.45) is 11.4 Å². The molecule has 3 atom stereocenters. The summed E-state index contributed by atoms with van der Waals surface area (Å²) in [5.74, 6) is -0.440. The highest BCUT2D eigenvalue weighted by atomic mass is 31.2. The predicted octanol–water partition coefficient (Wildman–Crippen LogP) is 0.586. The fourth-order valence-corrected chi connectivity index (χ4v) is 2.95. The van der Waals surface area contributed by atoms with E-state index in [0.717, 1.165) is 0 Å². The Bertz CT molecular complexity index is 850. The molecule has 1 aliphatic heterocycles. The molecule has 0 aliphatic carbocycles. The lowest BCUT2D eigenvalue weighted by Crippen LogP contribution is -2.22. The molecule has 1 unspecified atom stereocenters. The van der Waals surface area contributed by atoms with Gasteiger partial charge in [-0.15, -0.1) is 0 Å². The number of nitrogens with one attached hydrogen (secondary N) is 2. The molecular weight excluding hydrogens is 363 g/mol. The number of H-pyrrole nitrogens is 1. The minimum Gasteiger partial charge on any atom is -0.352 e. The van der Waals surface area contributed by atoms with Gasteiger partial charge in [0, 0.05) is 5.92 Å². The van der Waals surface area contributed by atoms with Gasteiger partial charge in [-0.1, -0.05) is 13.8 Å². The van der Waals surface area contributed by atoms with E-state index < -0.39 is 14.1 Å². The third-order valence-corrected chi connectivity index (χ3v) is 4.40. The Morgan fingerprint density at radius 3 is 3.08 bits per heavy atom. The number of nitrogens with two attached hydrogens (primary N) is 1. The van der Waals surface area contributed by atoms with Crippen LogP contribution in [0.1, 0.15) is 32.9 Å². The molecule has 0 saturated carbocycles. The summed E-state index contributed by atoms with van der Waals surface area (Å²) in [5.41, 5.74) is 5.25. The second-order valence-corrected chi connectivity index (χ2v) is 7.13. The van der Waals surface area contributed by atoms with Gasteiger partial charge >= 0.3 is 0 Å². The molecule has 0 spiro atoms. The van der Waals surface area contributed by atoms with Crippen LogP contribution in [0.4, 0.5) is 5.95 Å². The van der Waals surface area contributed by atoms with Crippen molar-refractivity contribution in [2.75, 3.05) is 11.9 Å². The molecule has 142 valence electrons. The van der Waals surface area contributed by atoms with Crippen LogP contribution in [0.3, 0.4) is 0 Å². The molecule has 1 amide bonds. The molecule has 3 rings (SSSR count). The van der Waals surface area contributed by atoms with Gasteiger partial charge in [-0.2, -0.15) is 4.98 Å². The van der Waals surface area contributed by atoms with E-state index in [1.54, 1.807) is 18.4 Å². The Kier molecular flexibility index (Phi) is 5.64. The number of hydrogen-bond donors (Lipinski definition) is 4. The van der Waals surface area contributed by atoms with Crippen molar-refractivity contribution >= 4 is 31.5 Å². The molecule has 0 aromatic carbocycles. The fourth-order valence-electron chi connectivity index (χ4n) is 2.63. The van der Waals surface area contributed by atoms with Crippen LogP contribution in [0.15, 0.2) is 11.1 Å². The maximum absolute atomic E-state index is 12.2. The lowest BCUT2D eigenvalue weighted by molar-refractivity contribution is -0.118. The quantitative estimate of drug-likeness (QED) is 0.527. The first-order valence-corrected chi connectivity index (χ1v) is 9.43. The van der Waals surface area contributed by atoms with E-state index in [4.69, 9.17) is 19.7 Å². The standard InChI is InChI=1S/C14H21N6O5P/c1-7(2)12(21)18-14-17-11-10(13(22)19-14)16-6-20(11)9-4-3-8(25-9)5-24-26(15)23/h6-9,23H,3-5,15H2,1-2H3,(H2,17,18,19,21,22)/t8-,9+,26?/m0/s1. The van der Waals surface area contributed by atoms with E-state index in [1.807, 2.05) is 0 Å². The highest BCUT2D eigenvalue weighted by molar-refractivity contribution is 7.43. The number of aromatic amines is 1. The molecular formula is C14H21N6O5P. The topological polar surface area (TPSA) is 157 Å². The average Bonchev–Trinajstić information content (AvgIpc) is 3.19. The number of ether oxygens (including phenoxy) is 1. The molecule has 12 heteroatoms. The Balaban J connectivity index is 1.82. The van der Waals surface area contributed by atoms with Gasteiger partial charge in [0.2, 0.25) is 20.4 Å². The smallest absolute Gasteiger partial charge is 0.280 e. The van der Waals surface area contributed by atoms with Crippen molar-refractivity contribution in [2.45, 2.75) is 39.0 Å². The Morgan fingerprint density at radius 1 is 1.62 bits per heavy atom. The van der Waals surface area contributed by atoms with Crippen LogP contribution < -0.4 is 16.4 Å². The monoisotopic (exact) mass is 384 g/mol. The minimum atomic E-state index is -1.92. The highest BCUT2D eigenvalue weighted by Gasteiger charge is 2.29. The molecule has 26 heavy (non-hydrogen) atoms. The zero-order valence-corrected chi connectivity index (χ0v) is 15.3. The first kappa shape index (κ1) is 18.9. The zero-order valence-electron chi connectivity index (χ0n) is 14.4. The first-order chi connectivity index (χ1) is 12.3. The number of carbonyl (C=O) groups excluding carboxylic acids is 1. The number of imidazole rings is 1. The van der Waals surface area contributed by atoms with Gasteiger partial charge in [0.25, 0.3) is 5.56 Å². The van der Waals surface area contributed by atoms with Crippen LogP contribution in [-0.2, 0) is 14.1 Å². The number of rotatable bonds is 6. The lowest BCUT2D eigenvalue weighted by Gasteiger charge is -2.16. The summed E-state index contributed by atoms with van der Waals surface area (Å²) in [6, 6.07) is 0. The summed E-state index contributed by atoms with van der Waals surface area (Å²) in [6.07, 6.45) is 2.25. The second-order valence-electron chi connectivity index (χ2n) is 6.27. The fraction of sp³-hybridized carbons (Fsp3) is 0.571. The van der Waals surface area contributed by atoms with Gasteiger partial charge in [0.05, 0.1) is 19.0 Å². The molecule has 5 N–H and O–H groups in total. The van der Waals surface area contributed by atoms with E-state index in [-0.39, 0.29) is 42.2 Å². The van der Waals surface area contributed by atoms with Crippen LogP contribution in [0.25, 0.3) is 11.2 Å². The average molecular weight is 384 g/mol. The summed E-state index contributed by atoms with van der Waals surface area (Å²) in [4.78, 5) is 44.0. The van der Waals surface area contributed by atoms with Gasteiger partial charge in [0.15, 0.2) is 11.2 Å². The van der Waals surface area contributed by atoms with E-state index in [0.29, 0.717) is 18.5 Å². The van der Waals surface area contributed by atoms with Crippen molar-refractivity contribution in [1.29, 1.82) is 0 Å². The van der Waals surface area contributed by atoms with Crippen molar-refractivity contribution in [3.63, 3.8) is 0 Å². The number of anilines is 1. The second kappa shape index (κ2) is 7.77. The summed E-state index contributed by atoms with van der Waals surface area (Å²) < 4.78 is 12.5. The Labute approximate surface area is 149 Å². The summed E-state index contributed by atoms with van der Waals surface area (Å²) in [6.45, 7) is 3.67. The maximum Gasteiger partial charge on any atom is 0.280 e. The predicted molar refractivity (Wildman–Crippen MR) is 94.0 cm³/mol. The number of nitrogens with zero attached hydrogens (tertiary/aromatic N) is 3. The Morgan fingerprint density at radius 2 is 2.38 bits per heavy atom. The van der Waals surface area contributed by atoms with E-state index in [1.165, 1.54) is 6.33 Å². The maximum atomic E-state index is 12.2. The van der Waals surface area contributed by atoms with Crippen molar-refractivity contribution < 1.29 is 18.9 Å². The van der Waals surface area contributed by atoms with Crippen LogP contribution in [-0.4, -0.2) is 43.0 Å². The SMILES string of the molecule is CC(C)C(=O)Nc1nc2c(ncn2[C@H]2CC[C@@H](COP(N)O)O2)c(=O)[nH]1. The van der Waals surface area contributed by atoms with Gasteiger partial charge < -0.3 is 14.2 Å². The molecule has 11 nitrogen and oxygen atoms in total. The van der Waals surface area contributed by atoms with Gasteiger partial charge in [0.1, 0.15) is 6.23 Å². The van der Waals surface area contributed by atoms with Crippen LogP contribution in [0, 0.1) is 5.92 Å². The summed E-state index contributed by atoms with van der Waals surface area (Å²) >= 11 is 0. The van der Waals surface area contributed by atoms with E-state index >= 15 is 0 Å². The van der Waals surface area contributed by atoms with Crippen molar-refractivity contribution in [3.8, 4) is 0 Å². The minimum absolute atomic E-state index is 0.0647. The Hall–Kier alpha value is -1.91. The highest BCUT2D eigenvalue weighted by Crippen LogP contribution is 2.32. The molecule has 1 fully saturated rings. The van der Waals surface area contributed by atoms with Gasteiger partial charge in [-0.25, -0.2) is 4.98 Å². The first-order valence-electron chi connectivity index (χ1n) is 8.15. The van der Waals surface area contributed by atoms with Gasteiger partial charge in [-0.05, 0) is 12.8 Å². The zero-order chi connectivity index (χ0) is 18.8. The third kappa shape index (κ3) is 4.08.